The molecule has 0 spiro atoms. The first-order valence-corrected chi connectivity index (χ1v) is 7.61. The van der Waals surface area contributed by atoms with Crippen LogP contribution in [0.25, 0.3) is 0 Å². The number of aromatic amines is 1. The highest BCUT2D eigenvalue weighted by Crippen LogP contribution is 2.30. The van der Waals surface area contributed by atoms with Crippen LogP contribution in [-0.4, -0.2) is 47.4 Å². The van der Waals surface area contributed by atoms with Crippen molar-refractivity contribution < 1.29 is 28.5 Å². The molecule has 0 amide bonds. The predicted octanol–water partition coefficient (Wildman–Crippen LogP) is -0.535. The van der Waals surface area contributed by atoms with Gasteiger partial charge >= 0.3 is 17.6 Å². The lowest BCUT2D eigenvalue weighted by atomic mass is 10.2. The van der Waals surface area contributed by atoms with E-state index < -0.39 is 41.6 Å². The fraction of sp³-hybridized carbons (Fsp3) is 0.600. The molecule has 2 heterocycles. The molecule has 3 atom stereocenters. The molecule has 1 aliphatic heterocycles. The maximum atomic E-state index is 12.1. The summed E-state index contributed by atoms with van der Waals surface area (Å²) in [5.74, 6) is -1.02. The number of H-pyrrole nitrogens is 1. The Balaban J connectivity index is 2.26. The Labute approximate surface area is 142 Å². The molecular weight excluding hydrogens is 336 g/mol. The third-order valence-electron chi connectivity index (χ3n) is 3.60. The van der Waals surface area contributed by atoms with Gasteiger partial charge in [0.1, 0.15) is 25.0 Å². The first kappa shape index (κ1) is 18.9. The van der Waals surface area contributed by atoms with Crippen LogP contribution in [0.15, 0.2) is 15.8 Å². The SMILES string of the molecule is COCc1cn([C@@H]2CC(OC(C)=O)[C@H](COC(C)=O)O2)c(=O)[nH]c1=O. The van der Waals surface area contributed by atoms with E-state index in [1.807, 2.05) is 0 Å². The van der Waals surface area contributed by atoms with Crippen molar-refractivity contribution in [3.8, 4) is 0 Å². The zero-order chi connectivity index (χ0) is 18.6. The minimum absolute atomic E-state index is 0.0204. The molecule has 138 valence electrons. The highest BCUT2D eigenvalue weighted by Gasteiger charge is 2.39. The van der Waals surface area contributed by atoms with Gasteiger partial charge in [-0.15, -0.1) is 0 Å². The van der Waals surface area contributed by atoms with Crippen molar-refractivity contribution >= 4 is 11.9 Å². The van der Waals surface area contributed by atoms with Crippen LogP contribution < -0.4 is 11.2 Å². The van der Waals surface area contributed by atoms with Crippen molar-refractivity contribution in [3.63, 3.8) is 0 Å². The Bertz CT molecular complexity index is 753. The number of rotatable bonds is 6. The number of nitrogens with zero attached hydrogens (tertiary/aromatic N) is 1. The van der Waals surface area contributed by atoms with Crippen molar-refractivity contribution in [2.75, 3.05) is 13.7 Å². The maximum absolute atomic E-state index is 12.1. The van der Waals surface area contributed by atoms with E-state index in [0.29, 0.717) is 0 Å². The number of esters is 2. The van der Waals surface area contributed by atoms with Gasteiger partial charge in [-0.2, -0.15) is 0 Å². The third kappa shape index (κ3) is 4.77. The molecule has 2 rings (SSSR count). The van der Waals surface area contributed by atoms with E-state index in [4.69, 9.17) is 18.9 Å². The number of hydrogen-bond acceptors (Lipinski definition) is 8. The highest BCUT2D eigenvalue weighted by molar-refractivity contribution is 5.66. The first-order chi connectivity index (χ1) is 11.8. The smallest absolute Gasteiger partial charge is 0.330 e. The predicted molar refractivity (Wildman–Crippen MR) is 82.7 cm³/mol. The second-order valence-corrected chi connectivity index (χ2v) is 5.57. The zero-order valence-electron chi connectivity index (χ0n) is 14.1. The molecule has 10 heteroatoms. The molecule has 0 saturated carbocycles. The van der Waals surface area contributed by atoms with Gasteiger partial charge in [0.15, 0.2) is 0 Å². The lowest BCUT2D eigenvalue weighted by molar-refractivity contribution is -0.155. The number of aromatic nitrogens is 2. The molecule has 1 aromatic rings. The Kier molecular flexibility index (Phi) is 6.10. The molecule has 1 fully saturated rings. The number of methoxy groups -OCH3 is 1. The molecule has 0 radical (unpaired) electrons. The van der Waals surface area contributed by atoms with Crippen LogP contribution in [0, 0.1) is 0 Å². The first-order valence-electron chi connectivity index (χ1n) is 7.61. The van der Waals surface area contributed by atoms with E-state index in [-0.39, 0.29) is 25.2 Å². The zero-order valence-corrected chi connectivity index (χ0v) is 14.1. The second kappa shape index (κ2) is 8.08. The molecule has 1 N–H and O–H groups in total. The summed E-state index contributed by atoms with van der Waals surface area (Å²) < 4.78 is 21.9. The van der Waals surface area contributed by atoms with Crippen LogP contribution in [-0.2, 0) is 35.1 Å². The van der Waals surface area contributed by atoms with Gasteiger partial charge in [0.25, 0.3) is 5.56 Å². The molecular formula is C15H20N2O8. The van der Waals surface area contributed by atoms with E-state index in [0.717, 1.165) is 0 Å². The Morgan fingerprint density at radius 2 is 2.04 bits per heavy atom. The number of nitrogens with one attached hydrogen (secondary N) is 1. The monoisotopic (exact) mass is 356 g/mol. The minimum atomic E-state index is -0.787. The quantitative estimate of drug-likeness (QED) is 0.674. The molecule has 0 aromatic carbocycles. The molecule has 1 unspecified atom stereocenters. The van der Waals surface area contributed by atoms with Crippen LogP contribution >= 0.6 is 0 Å². The van der Waals surface area contributed by atoms with Crippen LogP contribution in [0.1, 0.15) is 32.1 Å². The third-order valence-corrected chi connectivity index (χ3v) is 3.60. The standard InChI is InChI=1S/C15H20N2O8/c1-8(18)23-7-12-11(24-9(2)19)4-13(25-12)17-5-10(6-22-3)14(20)16-15(17)21/h5,11-13H,4,6-7H2,1-3H3,(H,16,20,21)/t11?,12-,13-/m0/s1. The number of carbonyl (C=O) groups is 2. The van der Waals surface area contributed by atoms with E-state index in [1.54, 1.807) is 0 Å². The second-order valence-electron chi connectivity index (χ2n) is 5.57. The number of ether oxygens (including phenoxy) is 4. The lowest BCUT2D eigenvalue weighted by Gasteiger charge is -2.17. The van der Waals surface area contributed by atoms with Crippen molar-refractivity contribution in [2.45, 2.75) is 45.3 Å². The summed E-state index contributed by atoms with van der Waals surface area (Å²) in [7, 11) is 1.42. The van der Waals surface area contributed by atoms with Gasteiger partial charge in [-0.05, 0) is 0 Å². The molecule has 1 aromatic heterocycles. The highest BCUT2D eigenvalue weighted by atomic mass is 16.6. The summed E-state index contributed by atoms with van der Waals surface area (Å²) in [5.41, 5.74) is -0.961. The van der Waals surface area contributed by atoms with E-state index in [1.165, 1.54) is 31.7 Å². The van der Waals surface area contributed by atoms with Crippen LogP contribution in [0.2, 0.25) is 0 Å². The summed E-state index contributed by atoms with van der Waals surface area (Å²) in [4.78, 5) is 48.3. The summed E-state index contributed by atoms with van der Waals surface area (Å²) >= 11 is 0. The normalized spacial score (nSPS) is 22.6. The minimum Gasteiger partial charge on any atom is -0.463 e. The maximum Gasteiger partial charge on any atom is 0.330 e. The van der Waals surface area contributed by atoms with Crippen LogP contribution in [0.5, 0.6) is 0 Å². The van der Waals surface area contributed by atoms with Gasteiger partial charge in [0, 0.05) is 33.6 Å². The topological polar surface area (TPSA) is 126 Å². The molecule has 0 aliphatic carbocycles. The lowest BCUT2D eigenvalue weighted by Crippen LogP contribution is -2.34. The van der Waals surface area contributed by atoms with Gasteiger partial charge < -0.3 is 18.9 Å². The number of hydrogen-bond donors (Lipinski definition) is 1. The van der Waals surface area contributed by atoms with Gasteiger partial charge in [-0.3, -0.25) is 23.9 Å². The van der Waals surface area contributed by atoms with E-state index >= 15 is 0 Å². The van der Waals surface area contributed by atoms with Crippen molar-refractivity contribution in [1.82, 2.24) is 9.55 Å². The largest absolute Gasteiger partial charge is 0.463 e. The van der Waals surface area contributed by atoms with Crippen LogP contribution in [0.3, 0.4) is 0 Å². The fourth-order valence-electron chi connectivity index (χ4n) is 2.56. The molecule has 1 aliphatic rings. The van der Waals surface area contributed by atoms with E-state index in [9.17, 15) is 19.2 Å². The number of carbonyl (C=O) groups excluding carboxylic acids is 2. The Hall–Kier alpha value is -2.46. The van der Waals surface area contributed by atoms with Crippen LogP contribution in [0.4, 0.5) is 0 Å². The van der Waals surface area contributed by atoms with E-state index in [2.05, 4.69) is 4.98 Å². The molecule has 25 heavy (non-hydrogen) atoms. The van der Waals surface area contributed by atoms with Crippen molar-refractivity contribution in [1.29, 1.82) is 0 Å². The fourth-order valence-corrected chi connectivity index (χ4v) is 2.56. The van der Waals surface area contributed by atoms with Gasteiger partial charge in [0.05, 0.1) is 12.2 Å². The summed E-state index contributed by atoms with van der Waals surface area (Å²) in [6.45, 7) is 2.40. The average molecular weight is 356 g/mol. The molecule has 0 bridgehead atoms. The Morgan fingerprint density at radius 3 is 2.64 bits per heavy atom. The Morgan fingerprint density at radius 1 is 1.32 bits per heavy atom. The summed E-state index contributed by atoms with van der Waals surface area (Å²) in [6, 6.07) is 0. The molecule has 1 saturated heterocycles. The van der Waals surface area contributed by atoms with Crippen molar-refractivity contribution in [3.05, 3.63) is 32.6 Å². The van der Waals surface area contributed by atoms with Gasteiger partial charge in [0.2, 0.25) is 0 Å². The summed E-state index contributed by atoms with van der Waals surface area (Å²) in [5, 5.41) is 0. The average Bonchev–Trinajstić information content (AvgIpc) is 2.90. The summed E-state index contributed by atoms with van der Waals surface area (Å²) in [6.07, 6.45) is -0.683. The van der Waals surface area contributed by atoms with Gasteiger partial charge in [-0.1, -0.05) is 0 Å². The van der Waals surface area contributed by atoms with Crippen molar-refractivity contribution in [2.24, 2.45) is 0 Å². The van der Waals surface area contributed by atoms with Gasteiger partial charge in [-0.25, -0.2) is 4.79 Å². The molecule has 10 nitrogen and oxygen atoms in total.